The summed E-state index contributed by atoms with van der Waals surface area (Å²) in [6, 6.07) is 13.7. The zero-order chi connectivity index (χ0) is 19.1. The van der Waals surface area contributed by atoms with Gasteiger partial charge >= 0.3 is 6.03 Å². The summed E-state index contributed by atoms with van der Waals surface area (Å²) in [5, 5.41) is 8.30. The van der Waals surface area contributed by atoms with Gasteiger partial charge in [-0.1, -0.05) is 26.0 Å². The number of urea groups is 1. The fraction of sp³-hybridized carbons (Fsp3) is 0.250. The molecule has 3 amide bonds. The summed E-state index contributed by atoms with van der Waals surface area (Å²) in [4.78, 5) is 35.0. The molecule has 6 nitrogen and oxygen atoms in total. The van der Waals surface area contributed by atoms with Gasteiger partial charge in [0.1, 0.15) is 0 Å². The average molecular weight is 353 g/mol. The molecular weight excluding hydrogens is 330 g/mol. The summed E-state index contributed by atoms with van der Waals surface area (Å²) in [7, 11) is 0. The Bertz CT molecular complexity index is 798. The minimum Gasteiger partial charge on any atom is -0.334 e. The third-order valence-electron chi connectivity index (χ3n) is 3.72. The topological polar surface area (TPSA) is 87.3 Å². The molecule has 6 heteroatoms. The van der Waals surface area contributed by atoms with Gasteiger partial charge in [0.05, 0.1) is 0 Å². The van der Waals surface area contributed by atoms with Crippen LogP contribution in [-0.4, -0.2) is 17.7 Å². The smallest absolute Gasteiger partial charge is 0.319 e. The van der Waals surface area contributed by atoms with Gasteiger partial charge in [-0.25, -0.2) is 4.79 Å². The molecule has 0 spiro atoms. The standard InChI is InChI=1S/C20H23N3O3/c1-13(2)19(25)22-18-6-4-5-15(11-18)12-21-20(26)23-17-9-7-16(8-10-17)14(3)24/h4-11,13H,12H2,1-3H3,(H,22,25)(H2,21,23,26). The second kappa shape index (κ2) is 8.80. The van der Waals surface area contributed by atoms with E-state index in [4.69, 9.17) is 0 Å². The first-order valence-corrected chi connectivity index (χ1v) is 8.41. The molecule has 0 fully saturated rings. The monoisotopic (exact) mass is 353 g/mol. The lowest BCUT2D eigenvalue weighted by Crippen LogP contribution is -2.28. The number of anilines is 2. The van der Waals surface area contributed by atoms with E-state index < -0.39 is 0 Å². The number of benzene rings is 2. The Kier molecular flexibility index (Phi) is 6.49. The fourth-order valence-corrected chi connectivity index (χ4v) is 2.19. The maximum Gasteiger partial charge on any atom is 0.319 e. The van der Waals surface area contributed by atoms with Crippen LogP contribution in [0.25, 0.3) is 0 Å². The third-order valence-corrected chi connectivity index (χ3v) is 3.72. The fourth-order valence-electron chi connectivity index (χ4n) is 2.19. The third kappa shape index (κ3) is 5.73. The van der Waals surface area contributed by atoms with E-state index in [2.05, 4.69) is 16.0 Å². The second-order valence-corrected chi connectivity index (χ2v) is 6.29. The molecule has 26 heavy (non-hydrogen) atoms. The number of amides is 3. The lowest BCUT2D eigenvalue weighted by Gasteiger charge is -2.11. The maximum absolute atomic E-state index is 12.0. The number of Topliss-reactive ketones (excluding diaryl/α,β-unsaturated/α-hetero) is 1. The van der Waals surface area contributed by atoms with Crippen molar-refractivity contribution in [2.45, 2.75) is 27.3 Å². The van der Waals surface area contributed by atoms with Gasteiger partial charge < -0.3 is 16.0 Å². The molecule has 0 aliphatic rings. The van der Waals surface area contributed by atoms with Crippen molar-refractivity contribution in [2.75, 3.05) is 10.6 Å². The van der Waals surface area contributed by atoms with Crippen molar-refractivity contribution in [1.82, 2.24) is 5.32 Å². The Morgan fingerprint density at radius 1 is 0.923 bits per heavy atom. The van der Waals surface area contributed by atoms with Gasteiger partial charge in [0, 0.05) is 29.4 Å². The van der Waals surface area contributed by atoms with Gasteiger partial charge in [-0.3, -0.25) is 9.59 Å². The van der Waals surface area contributed by atoms with Crippen molar-refractivity contribution in [3.05, 3.63) is 59.7 Å². The largest absolute Gasteiger partial charge is 0.334 e. The number of hydrogen-bond acceptors (Lipinski definition) is 3. The summed E-state index contributed by atoms with van der Waals surface area (Å²) in [6.07, 6.45) is 0. The van der Waals surface area contributed by atoms with Crippen LogP contribution in [0.4, 0.5) is 16.2 Å². The number of carbonyl (C=O) groups is 3. The molecule has 0 aromatic heterocycles. The summed E-state index contributed by atoms with van der Waals surface area (Å²) in [6.45, 7) is 5.47. The molecule has 3 N–H and O–H groups in total. The Hall–Kier alpha value is -3.15. The summed E-state index contributed by atoms with van der Waals surface area (Å²) in [5.41, 5.74) is 2.76. The van der Waals surface area contributed by atoms with E-state index in [-0.39, 0.29) is 23.6 Å². The van der Waals surface area contributed by atoms with Crippen LogP contribution < -0.4 is 16.0 Å². The zero-order valence-electron chi connectivity index (χ0n) is 15.1. The Morgan fingerprint density at radius 3 is 2.23 bits per heavy atom. The molecule has 136 valence electrons. The highest BCUT2D eigenvalue weighted by Crippen LogP contribution is 2.13. The lowest BCUT2D eigenvalue weighted by molar-refractivity contribution is -0.118. The van der Waals surface area contributed by atoms with Gasteiger partial charge in [0.25, 0.3) is 0 Å². The highest BCUT2D eigenvalue weighted by Gasteiger charge is 2.08. The van der Waals surface area contributed by atoms with E-state index >= 15 is 0 Å². The Balaban J connectivity index is 1.88. The first-order valence-electron chi connectivity index (χ1n) is 8.41. The maximum atomic E-state index is 12.0. The summed E-state index contributed by atoms with van der Waals surface area (Å²) >= 11 is 0. The predicted molar refractivity (Wildman–Crippen MR) is 102 cm³/mol. The van der Waals surface area contributed by atoms with Gasteiger partial charge in [-0.15, -0.1) is 0 Å². The van der Waals surface area contributed by atoms with Crippen LogP contribution >= 0.6 is 0 Å². The van der Waals surface area contributed by atoms with Crippen LogP contribution in [0.1, 0.15) is 36.7 Å². The number of rotatable bonds is 6. The predicted octanol–water partition coefficient (Wildman–Crippen LogP) is 3.81. The molecule has 0 radical (unpaired) electrons. The van der Waals surface area contributed by atoms with Crippen molar-refractivity contribution in [3.8, 4) is 0 Å². The first kappa shape index (κ1) is 19.2. The molecule has 2 aromatic carbocycles. The molecule has 0 saturated heterocycles. The molecule has 2 aromatic rings. The van der Waals surface area contributed by atoms with Crippen LogP contribution in [0.15, 0.2) is 48.5 Å². The first-order chi connectivity index (χ1) is 12.3. The van der Waals surface area contributed by atoms with Crippen LogP contribution in [-0.2, 0) is 11.3 Å². The minimum absolute atomic E-state index is 0.0227. The molecule has 0 unspecified atom stereocenters. The van der Waals surface area contributed by atoms with E-state index in [1.165, 1.54) is 6.92 Å². The molecule has 2 rings (SSSR count). The van der Waals surface area contributed by atoms with Crippen LogP contribution in [0, 0.1) is 5.92 Å². The summed E-state index contributed by atoms with van der Waals surface area (Å²) in [5.74, 6) is -0.177. The van der Waals surface area contributed by atoms with Crippen LogP contribution in [0.5, 0.6) is 0 Å². The average Bonchev–Trinajstić information content (AvgIpc) is 2.60. The highest BCUT2D eigenvalue weighted by molar-refractivity contribution is 5.95. The number of carbonyl (C=O) groups excluding carboxylic acids is 3. The summed E-state index contributed by atoms with van der Waals surface area (Å²) < 4.78 is 0. The number of ketones is 1. The van der Waals surface area contributed by atoms with Gasteiger partial charge in [-0.2, -0.15) is 0 Å². The van der Waals surface area contributed by atoms with Crippen LogP contribution in [0.2, 0.25) is 0 Å². The Labute approximate surface area is 153 Å². The minimum atomic E-state index is -0.350. The normalized spacial score (nSPS) is 10.3. The van der Waals surface area contributed by atoms with Crippen molar-refractivity contribution in [2.24, 2.45) is 5.92 Å². The van der Waals surface area contributed by atoms with Crippen molar-refractivity contribution in [1.29, 1.82) is 0 Å². The number of nitrogens with one attached hydrogen (secondary N) is 3. The van der Waals surface area contributed by atoms with E-state index in [0.29, 0.717) is 23.5 Å². The number of hydrogen-bond donors (Lipinski definition) is 3. The van der Waals surface area contributed by atoms with Crippen molar-refractivity contribution in [3.63, 3.8) is 0 Å². The SMILES string of the molecule is CC(=O)c1ccc(NC(=O)NCc2cccc(NC(=O)C(C)C)c2)cc1. The lowest BCUT2D eigenvalue weighted by atomic mass is 10.1. The van der Waals surface area contributed by atoms with E-state index in [1.807, 2.05) is 32.0 Å². The van der Waals surface area contributed by atoms with E-state index in [9.17, 15) is 14.4 Å². The Morgan fingerprint density at radius 2 is 1.62 bits per heavy atom. The molecular formula is C20H23N3O3. The quantitative estimate of drug-likeness (QED) is 0.690. The van der Waals surface area contributed by atoms with Crippen molar-refractivity contribution >= 4 is 29.1 Å². The van der Waals surface area contributed by atoms with E-state index in [1.54, 1.807) is 30.3 Å². The van der Waals surface area contributed by atoms with Gasteiger partial charge in [-0.05, 0) is 48.9 Å². The van der Waals surface area contributed by atoms with Gasteiger partial charge in [0.2, 0.25) is 5.91 Å². The van der Waals surface area contributed by atoms with Crippen LogP contribution in [0.3, 0.4) is 0 Å². The second-order valence-electron chi connectivity index (χ2n) is 6.29. The molecule has 0 atom stereocenters. The zero-order valence-corrected chi connectivity index (χ0v) is 15.1. The highest BCUT2D eigenvalue weighted by atomic mass is 16.2. The molecule has 0 heterocycles. The van der Waals surface area contributed by atoms with E-state index in [0.717, 1.165) is 5.56 Å². The molecule has 0 aliphatic carbocycles. The molecule has 0 aliphatic heterocycles. The van der Waals surface area contributed by atoms with Gasteiger partial charge in [0.15, 0.2) is 5.78 Å². The van der Waals surface area contributed by atoms with Crippen molar-refractivity contribution < 1.29 is 14.4 Å². The molecule has 0 saturated carbocycles. The molecule has 0 bridgehead atoms.